The van der Waals surface area contributed by atoms with E-state index in [1.54, 1.807) is 30.5 Å². The second-order valence-electron chi connectivity index (χ2n) is 7.62. The fourth-order valence-electron chi connectivity index (χ4n) is 3.57. The Morgan fingerprint density at radius 1 is 0.886 bits per heavy atom. The number of carbonyl (C=O) groups is 3. The first-order chi connectivity index (χ1) is 17.0. The Kier molecular flexibility index (Phi) is 5.63. The van der Waals surface area contributed by atoms with Crippen LogP contribution >= 0.6 is 0 Å². The van der Waals surface area contributed by atoms with Crippen molar-refractivity contribution < 1.29 is 19.1 Å². The van der Waals surface area contributed by atoms with Gasteiger partial charge < -0.3 is 14.7 Å². The van der Waals surface area contributed by atoms with Gasteiger partial charge in [-0.1, -0.05) is 30.3 Å². The number of amides is 2. The molecule has 0 bridgehead atoms. The Bertz CT molecular complexity index is 1590. The predicted molar refractivity (Wildman–Crippen MR) is 128 cm³/mol. The summed E-state index contributed by atoms with van der Waals surface area (Å²) in [6.45, 7) is 0. The minimum Gasteiger partial charge on any atom is -0.469 e. The molecule has 2 aromatic carbocycles. The number of carbonyl (C=O) groups excluding carboxylic acids is 3. The van der Waals surface area contributed by atoms with Crippen molar-refractivity contribution in [1.29, 1.82) is 0 Å². The van der Waals surface area contributed by atoms with Crippen LogP contribution in [-0.4, -0.2) is 49.8 Å². The number of methoxy groups -OCH3 is 1. The Morgan fingerprint density at radius 3 is 2.51 bits per heavy atom. The number of hydrogen-bond donors (Lipinski definition) is 4. The molecule has 4 N–H and O–H groups in total. The minimum absolute atomic E-state index is 0.00341. The Hall–Kier alpha value is -5.06. The molecule has 0 saturated heterocycles. The van der Waals surface area contributed by atoms with Crippen LogP contribution in [0.15, 0.2) is 60.9 Å². The molecule has 11 heteroatoms. The summed E-state index contributed by atoms with van der Waals surface area (Å²) < 4.78 is 4.62. The van der Waals surface area contributed by atoms with Crippen molar-refractivity contribution in [3.63, 3.8) is 0 Å². The molecular formula is C24H19N7O4. The number of nitrogens with one attached hydrogen (secondary N) is 4. The van der Waals surface area contributed by atoms with E-state index in [4.69, 9.17) is 0 Å². The van der Waals surface area contributed by atoms with E-state index in [-0.39, 0.29) is 29.6 Å². The summed E-state index contributed by atoms with van der Waals surface area (Å²) in [6.07, 6.45) is 3.08. The van der Waals surface area contributed by atoms with Crippen molar-refractivity contribution in [2.75, 3.05) is 17.7 Å². The van der Waals surface area contributed by atoms with Gasteiger partial charge in [0, 0.05) is 17.3 Å². The summed E-state index contributed by atoms with van der Waals surface area (Å²) in [7, 11) is 1.29. The highest BCUT2D eigenvalue weighted by atomic mass is 16.5. The number of nitrogens with zero attached hydrogens (tertiary/aromatic N) is 3. The molecule has 5 aromatic rings. The van der Waals surface area contributed by atoms with E-state index in [2.05, 4.69) is 40.3 Å². The molecule has 0 spiro atoms. The number of esters is 1. The fraction of sp³-hybridized carbons (Fsp3) is 0.0833. The van der Waals surface area contributed by atoms with Crippen LogP contribution in [0.1, 0.15) is 26.5 Å². The summed E-state index contributed by atoms with van der Waals surface area (Å²) in [5, 5.41) is 7.16. The molecule has 0 atom stereocenters. The number of aromatic nitrogens is 5. The lowest BCUT2D eigenvalue weighted by atomic mass is 10.1. The maximum absolute atomic E-state index is 12.9. The van der Waals surface area contributed by atoms with E-state index in [1.807, 2.05) is 24.3 Å². The number of H-pyrrole nitrogens is 2. The molecule has 3 heterocycles. The van der Waals surface area contributed by atoms with E-state index in [0.717, 1.165) is 10.8 Å². The molecular weight excluding hydrogens is 450 g/mol. The molecule has 0 unspecified atom stereocenters. The van der Waals surface area contributed by atoms with Gasteiger partial charge in [-0.15, -0.1) is 0 Å². The maximum Gasteiger partial charge on any atom is 0.311 e. The zero-order chi connectivity index (χ0) is 24.4. The molecule has 0 radical (unpaired) electrons. The Balaban J connectivity index is 1.34. The van der Waals surface area contributed by atoms with Crippen LogP contribution in [0.4, 0.5) is 11.9 Å². The van der Waals surface area contributed by atoms with Gasteiger partial charge in [0.1, 0.15) is 11.2 Å². The summed E-state index contributed by atoms with van der Waals surface area (Å²) in [5.74, 6) is -0.970. The third-order valence-electron chi connectivity index (χ3n) is 5.28. The maximum atomic E-state index is 12.9. The van der Waals surface area contributed by atoms with Crippen LogP contribution < -0.4 is 10.6 Å². The SMILES string of the molecule is COC(=O)Cc1cnc(NC(=O)c2cccc3[nH]c(NC(=O)c4cc5ccccc5cn4)nc23)[nH]1. The first-order valence-electron chi connectivity index (χ1n) is 10.6. The number of anilines is 2. The predicted octanol–water partition coefficient (Wildman–Crippen LogP) is 3.05. The third-order valence-corrected chi connectivity index (χ3v) is 5.28. The zero-order valence-corrected chi connectivity index (χ0v) is 18.5. The van der Waals surface area contributed by atoms with Gasteiger partial charge in [0.25, 0.3) is 11.8 Å². The summed E-state index contributed by atoms with van der Waals surface area (Å²) >= 11 is 0. The third kappa shape index (κ3) is 4.55. The minimum atomic E-state index is -0.463. The second-order valence-corrected chi connectivity index (χ2v) is 7.62. The average molecular weight is 469 g/mol. The number of ether oxygens (including phenoxy) is 1. The second kappa shape index (κ2) is 9.06. The van der Waals surface area contributed by atoms with Crippen LogP contribution in [0.5, 0.6) is 0 Å². The highest BCUT2D eigenvalue weighted by Gasteiger charge is 2.17. The molecule has 5 rings (SSSR count). The lowest BCUT2D eigenvalue weighted by Gasteiger charge is -2.03. The van der Waals surface area contributed by atoms with Gasteiger partial charge in [-0.2, -0.15) is 0 Å². The smallest absolute Gasteiger partial charge is 0.311 e. The monoisotopic (exact) mass is 469 g/mol. The highest BCUT2D eigenvalue weighted by molar-refractivity contribution is 6.11. The molecule has 2 amide bonds. The number of fused-ring (bicyclic) bond motifs is 2. The summed E-state index contributed by atoms with van der Waals surface area (Å²) in [4.78, 5) is 55.5. The average Bonchev–Trinajstić information content (AvgIpc) is 3.49. The number of aromatic amines is 2. The van der Waals surface area contributed by atoms with E-state index < -0.39 is 17.8 Å². The molecule has 0 aliphatic carbocycles. The van der Waals surface area contributed by atoms with E-state index >= 15 is 0 Å². The van der Waals surface area contributed by atoms with Crippen LogP contribution in [0.3, 0.4) is 0 Å². The standard InChI is InChI=1S/C24H19N7O4/c1-35-19(32)10-15-12-26-23(27-15)30-21(33)16-7-4-8-17-20(16)29-24(28-17)31-22(34)18-9-13-5-2-3-6-14(13)11-25-18/h2-9,11-12H,10H2,1H3,(H2,26,27,30,33)(H2,28,29,31,34). The molecule has 35 heavy (non-hydrogen) atoms. The molecule has 0 fully saturated rings. The number of hydrogen-bond acceptors (Lipinski definition) is 7. The summed E-state index contributed by atoms with van der Waals surface area (Å²) in [5.41, 5.74) is 1.94. The van der Waals surface area contributed by atoms with Crippen molar-refractivity contribution in [3.05, 3.63) is 77.9 Å². The van der Waals surface area contributed by atoms with Crippen LogP contribution in [0.25, 0.3) is 21.8 Å². The Labute approximate surface area is 198 Å². The number of imidazole rings is 2. The largest absolute Gasteiger partial charge is 0.469 e. The van der Waals surface area contributed by atoms with Gasteiger partial charge in [-0.3, -0.25) is 30.0 Å². The molecule has 11 nitrogen and oxygen atoms in total. The first kappa shape index (κ1) is 21.8. The van der Waals surface area contributed by atoms with E-state index in [9.17, 15) is 14.4 Å². The molecule has 174 valence electrons. The van der Waals surface area contributed by atoms with Crippen LogP contribution in [0.2, 0.25) is 0 Å². The van der Waals surface area contributed by atoms with Gasteiger partial charge in [0.15, 0.2) is 0 Å². The van der Waals surface area contributed by atoms with Crippen LogP contribution in [-0.2, 0) is 16.0 Å². The van der Waals surface area contributed by atoms with Gasteiger partial charge in [0.2, 0.25) is 11.9 Å². The quantitative estimate of drug-likeness (QED) is 0.279. The van der Waals surface area contributed by atoms with Crippen molar-refractivity contribution in [2.45, 2.75) is 6.42 Å². The van der Waals surface area contributed by atoms with Gasteiger partial charge in [-0.05, 0) is 23.6 Å². The van der Waals surface area contributed by atoms with Gasteiger partial charge >= 0.3 is 5.97 Å². The number of pyridine rings is 1. The van der Waals surface area contributed by atoms with Gasteiger partial charge in [0.05, 0.1) is 30.8 Å². The molecule has 0 aliphatic heterocycles. The summed E-state index contributed by atoms with van der Waals surface area (Å²) in [6, 6.07) is 14.3. The lowest BCUT2D eigenvalue weighted by Crippen LogP contribution is -2.15. The van der Waals surface area contributed by atoms with Crippen LogP contribution in [0, 0.1) is 0 Å². The van der Waals surface area contributed by atoms with Gasteiger partial charge in [-0.25, -0.2) is 9.97 Å². The molecule has 0 aliphatic rings. The van der Waals surface area contributed by atoms with Crippen molar-refractivity contribution in [2.24, 2.45) is 0 Å². The van der Waals surface area contributed by atoms with E-state index in [1.165, 1.54) is 13.3 Å². The molecule has 3 aromatic heterocycles. The van der Waals surface area contributed by atoms with Crippen molar-refractivity contribution in [1.82, 2.24) is 24.9 Å². The molecule has 0 saturated carbocycles. The number of benzene rings is 2. The van der Waals surface area contributed by atoms with Crippen molar-refractivity contribution >= 4 is 51.5 Å². The normalized spacial score (nSPS) is 10.9. The first-order valence-corrected chi connectivity index (χ1v) is 10.6. The van der Waals surface area contributed by atoms with Crippen molar-refractivity contribution in [3.8, 4) is 0 Å². The van der Waals surface area contributed by atoms with E-state index in [0.29, 0.717) is 16.7 Å². The topological polar surface area (TPSA) is 155 Å². The number of rotatable bonds is 6. The lowest BCUT2D eigenvalue weighted by molar-refractivity contribution is -0.139. The fourth-order valence-corrected chi connectivity index (χ4v) is 3.57. The Morgan fingerprint density at radius 2 is 1.69 bits per heavy atom. The zero-order valence-electron chi connectivity index (χ0n) is 18.5. The number of para-hydroxylation sites is 1. The highest BCUT2D eigenvalue weighted by Crippen LogP contribution is 2.21.